The number of rotatable bonds is 6. The van der Waals surface area contributed by atoms with Crippen LogP contribution in [-0.2, 0) is 11.2 Å². The molecule has 0 N–H and O–H groups in total. The zero-order valence-electron chi connectivity index (χ0n) is 16.1. The van der Waals surface area contributed by atoms with Crippen LogP contribution < -0.4 is 19.1 Å². The topological polar surface area (TPSA) is 51.2 Å². The molecule has 0 aliphatic carbocycles. The highest BCUT2D eigenvalue weighted by Gasteiger charge is 2.23. The minimum Gasteiger partial charge on any atom is -0.497 e. The number of carbonyl (C=O) groups is 1. The van der Waals surface area contributed by atoms with Crippen molar-refractivity contribution in [1.29, 1.82) is 0 Å². The van der Waals surface area contributed by atoms with Crippen molar-refractivity contribution >= 4 is 11.6 Å². The summed E-state index contributed by atoms with van der Waals surface area (Å²) in [7, 11) is 4.91. The van der Waals surface area contributed by atoms with Gasteiger partial charge in [-0.1, -0.05) is 12.1 Å². The average Bonchev–Trinajstić information content (AvgIpc) is 2.73. The number of amides is 1. The summed E-state index contributed by atoms with van der Waals surface area (Å²) in [4.78, 5) is 17.0. The van der Waals surface area contributed by atoms with E-state index in [-0.39, 0.29) is 5.91 Å². The lowest BCUT2D eigenvalue weighted by atomic mass is 10.1. The van der Waals surface area contributed by atoms with Crippen LogP contribution in [0.4, 0.5) is 5.69 Å². The SMILES string of the molecule is COc1ccc(OC)c(CC(=O)N2CCN(c3ccccc3OC)CC2)c1. The van der Waals surface area contributed by atoms with Gasteiger partial charge in [0.2, 0.25) is 5.91 Å². The predicted molar refractivity (Wildman–Crippen MR) is 105 cm³/mol. The summed E-state index contributed by atoms with van der Waals surface area (Å²) in [5.41, 5.74) is 1.91. The molecule has 0 bridgehead atoms. The molecule has 0 saturated carbocycles. The van der Waals surface area contributed by atoms with Gasteiger partial charge >= 0.3 is 0 Å². The van der Waals surface area contributed by atoms with Gasteiger partial charge in [0.05, 0.1) is 33.4 Å². The van der Waals surface area contributed by atoms with E-state index in [0.29, 0.717) is 25.3 Å². The van der Waals surface area contributed by atoms with Crippen LogP contribution in [-0.4, -0.2) is 58.3 Å². The van der Waals surface area contributed by atoms with Crippen LogP contribution in [0.3, 0.4) is 0 Å². The second-order valence-corrected chi connectivity index (χ2v) is 6.39. The van der Waals surface area contributed by atoms with Gasteiger partial charge in [0.1, 0.15) is 17.2 Å². The average molecular weight is 370 g/mol. The molecule has 0 radical (unpaired) electrons. The highest BCUT2D eigenvalue weighted by molar-refractivity contribution is 5.80. The fourth-order valence-electron chi connectivity index (χ4n) is 3.38. The first kappa shape index (κ1) is 18.9. The Balaban J connectivity index is 1.64. The van der Waals surface area contributed by atoms with Gasteiger partial charge in [-0.3, -0.25) is 4.79 Å². The van der Waals surface area contributed by atoms with E-state index in [4.69, 9.17) is 14.2 Å². The first-order valence-corrected chi connectivity index (χ1v) is 9.03. The number of hydrogen-bond donors (Lipinski definition) is 0. The summed E-state index contributed by atoms with van der Waals surface area (Å²) in [6, 6.07) is 13.5. The standard InChI is InChI=1S/C21H26N2O4/c1-25-17-8-9-19(26-2)16(14-17)15-21(24)23-12-10-22(11-13-23)18-6-4-5-7-20(18)27-3/h4-9,14H,10-13,15H2,1-3H3. The van der Waals surface area contributed by atoms with Crippen molar-refractivity contribution in [3.8, 4) is 17.2 Å². The summed E-state index contributed by atoms with van der Waals surface area (Å²) in [5, 5.41) is 0. The Morgan fingerprint density at radius 3 is 2.26 bits per heavy atom. The third-order valence-electron chi connectivity index (χ3n) is 4.89. The Morgan fingerprint density at radius 1 is 0.889 bits per heavy atom. The summed E-state index contributed by atoms with van der Waals surface area (Å²) >= 11 is 0. The third kappa shape index (κ3) is 4.27. The lowest BCUT2D eigenvalue weighted by Crippen LogP contribution is -2.49. The molecule has 0 aromatic heterocycles. The fraction of sp³-hybridized carbons (Fsp3) is 0.381. The Kier molecular flexibility index (Phi) is 6.06. The number of methoxy groups -OCH3 is 3. The number of anilines is 1. The van der Waals surface area contributed by atoms with Crippen molar-refractivity contribution in [2.75, 3.05) is 52.4 Å². The molecule has 0 spiro atoms. The summed E-state index contributed by atoms with van der Waals surface area (Å²) in [5.74, 6) is 2.39. The molecule has 27 heavy (non-hydrogen) atoms. The lowest BCUT2D eigenvalue weighted by molar-refractivity contribution is -0.130. The summed E-state index contributed by atoms with van der Waals surface area (Å²) < 4.78 is 16.1. The van der Waals surface area contributed by atoms with E-state index in [1.807, 2.05) is 41.3 Å². The van der Waals surface area contributed by atoms with Crippen LogP contribution in [0.1, 0.15) is 5.56 Å². The Morgan fingerprint density at radius 2 is 1.59 bits per heavy atom. The van der Waals surface area contributed by atoms with Crippen LogP contribution in [0.5, 0.6) is 17.2 Å². The minimum atomic E-state index is 0.0984. The molecule has 2 aromatic rings. The van der Waals surface area contributed by atoms with E-state index in [9.17, 15) is 4.79 Å². The van der Waals surface area contributed by atoms with Crippen molar-refractivity contribution in [3.05, 3.63) is 48.0 Å². The van der Waals surface area contributed by atoms with E-state index >= 15 is 0 Å². The second kappa shape index (κ2) is 8.66. The van der Waals surface area contributed by atoms with Gasteiger partial charge < -0.3 is 24.0 Å². The maximum Gasteiger partial charge on any atom is 0.227 e. The molecule has 2 aromatic carbocycles. The number of para-hydroxylation sites is 2. The maximum atomic E-state index is 12.8. The lowest BCUT2D eigenvalue weighted by Gasteiger charge is -2.36. The molecule has 1 saturated heterocycles. The molecule has 1 aliphatic heterocycles. The summed E-state index contributed by atoms with van der Waals surface area (Å²) in [6.45, 7) is 2.93. The largest absolute Gasteiger partial charge is 0.497 e. The monoisotopic (exact) mass is 370 g/mol. The van der Waals surface area contributed by atoms with E-state index in [2.05, 4.69) is 11.0 Å². The second-order valence-electron chi connectivity index (χ2n) is 6.39. The predicted octanol–water partition coefficient (Wildman–Crippen LogP) is 2.60. The Hall–Kier alpha value is -2.89. The van der Waals surface area contributed by atoms with E-state index in [1.165, 1.54) is 0 Å². The van der Waals surface area contributed by atoms with Crippen molar-refractivity contribution in [2.45, 2.75) is 6.42 Å². The molecule has 144 valence electrons. The molecule has 6 nitrogen and oxygen atoms in total. The zero-order valence-corrected chi connectivity index (χ0v) is 16.1. The van der Waals surface area contributed by atoms with Crippen molar-refractivity contribution < 1.29 is 19.0 Å². The van der Waals surface area contributed by atoms with Gasteiger partial charge in [-0.05, 0) is 30.3 Å². The molecular weight excluding hydrogens is 344 g/mol. The van der Waals surface area contributed by atoms with Gasteiger partial charge in [-0.15, -0.1) is 0 Å². The maximum absolute atomic E-state index is 12.8. The van der Waals surface area contributed by atoms with Gasteiger partial charge in [-0.25, -0.2) is 0 Å². The van der Waals surface area contributed by atoms with Crippen molar-refractivity contribution in [2.24, 2.45) is 0 Å². The number of carbonyl (C=O) groups excluding carboxylic acids is 1. The summed E-state index contributed by atoms with van der Waals surface area (Å²) in [6.07, 6.45) is 0.301. The molecule has 1 fully saturated rings. The molecule has 1 aliphatic rings. The minimum absolute atomic E-state index is 0.0984. The number of ether oxygens (including phenoxy) is 3. The molecule has 6 heteroatoms. The quantitative estimate of drug-likeness (QED) is 0.782. The molecule has 1 heterocycles. The fourth-order valence-corrected chi connectivity index (χ4v) is 3.38. The molecular formula is C21H26N2O4. The van der Waals surface area contributed by atoms with E-state index in [0.717, 1.165) is 35.8 Å². The third-order valence-corrected chi connectivity index (χ3v) is 4.89. The number of hydrogen-bond acceptors (Lipinski definition) is 5. The van der Waals surface area contributed by atoms with Gasteiger partial charge in [0.15, 0.2) is 0 Å². The molecule has 0 unspecified atom stereocenters. The van der Waals surface area contributed by atoms with Crippen LogP contribution in [0.25, 0.3) is 0 Å². The van der Waals surface area contributed by atoms with Crippen LogP contribution in [0, 0.1) is 0 Å². The normalized spacial score (nSPS) is 14.0. The van der Waals surface area contributed by atoms with Crippen molar-refractivity contribution in [1.82, 2.24) is 4.90 Å². The van der Waals surface area contributed by atoms with Gasteiger partial charge in [0, 0.05) is 31.7 Å². The number of benzene rings is 2. The van der Waals surface area contributed by atoms with Gasteiger partial charge in [0.25, 0.3) is 0 Å². The molecule has 1 amide bonds. The van der Waals surface area contributed by atoms with E-state index in [1.54, 1.807) is 21.3 Å². The number of nitrogens with zero attached hydrogens (tertiary/aromatic N) is 2. The van der Waals surface area contributed by atoms with E-state index < -0.39 is 0 Å². The smallest absolute Gasteiger partial charge is 0.227 e. The van der Waals surface area contributed by atoms with Gasteiger partial charge in [-0.2, -0.15) is 0 Å². The number of piperazine rings is 1. The highest BCUT2D eigenvalue weighted by Crippen LogP contribution is 2.29. The highest BCUT2D eigenvalue weighted by atomic mass is 16.5. The first-order valence-electron chi connectivity index (χ1n) is 9.03. The Labute approximate surface area is 160 Å². The molecule has 3 rings (SSSR count). The van der Waals surface area contributed by atoms with Crippen LogP contribution in [0.15, 0.2) is 42.5 Å². The van der Waals surface area contributed by atoms with Crippen LogP contribution >= 0.6 is 0 Å². The first-order chi connectivity index (χ1) is 13.2. The van der Waals surface area contributed by atoms with Crippen LogP contribution in [0.2, 0.25) is 0 Å². The molecule has 0 atom stereocenters. The van der Waals surface area contributed by atoms with Crippen molar-refractivity contribution in [3.63, 3.8) is 0 Å². The Bertz CT molecular complexity index is 786. The zero-order chi connectivity index (χ0) is 19.2.